The molecule has 0 aliphatic carbocycles. The highest BCUT2D eigenvalue weighted by atomic mass is 35.5. The standard InChI is InChI=1S/C21H26ClN3OS/c1-5-12-25(13-6-2)19-18-17(14(4)27-20(18)24-21(22)23-19)15-8-10-16(11-9-15)26-7-3/h8-11H,5-7,12-13H2,1-4H3. The number of ether oxygens (including phenoxy) is 1. The van der Waals surface area contributed by atoms with E-state index in [0.717, 1.165) is 53.3 Å². The lowest BCUT2D eigenvalue weighted by Gasteiger charge is -2.24. The van der Waals surface area contributed by atoms with E-state index in [1.54, 1.807) is 11.3 Å². The summed E-state index contributed by atoms with van der Waals surface area (Å²) < 4.78 is 5.59. The Kier molecular flexibility index (Phi) is 6.55. The van der Waals surface area contributed by atoms with Crippen molar-refractivity contribution in [3.63, 3.8) is 0 Å². The van der Waals surface area contributed by atoms with Crippen LogP contribution in [0.25, 0.3) is 21.3 Å². The molecule has 0 N–H and O–H groups in total. The van der Waals surface area contributed by atoms with Gasteiger partial charge in [0.1, 0.15) is 16.4 Å². The molecular weight excluding hydrogens is 378 g/mol. The van der Waals surface area contributed by atoms with E-state index in [2.05, 4.69) is 47.8 Å². The molecule has 6 heteroatoms. The number of rotatable bonds is 8. The van der Waals surface area contributed by atoms with Crippen LogP contribution in [-0.2, 0) is 0 Å². The van der Waals surface area contributed by atoms with Crippen LogP contribution >= 0.6 is 22.9 Å². The number of benzene rings is 1. The number of hydrogen-bond acceptors (Lipinski definition) is 5. The topological polar surface area (TPSA) is 38.2 Å². The molecule has 2 aromatic heterocycles. The van der Waals surface area contributed by atoms with Gasteiger partial charge < -0.3 is 9.64 Å². The minimum absolute atomic E-state index is 0.314. The Labute approximate surface area is 170 Å². The third-order valence-electron chi connectivity index (χ3n) is 4.42. The summed E-state index contributed by atoms with van der Waals surface area (Å²) in [6, 6.07) is 8.27. The maximum atomic E-state index is 6.27. The van der Waals surface area contributed by atoms with Gasteiger partial charge in [-0.3, -0.25) is 0 Å². The summed E-state index contributed by atoms with van der Waals surface area (Å²) in [4.78, 5) is 13.7. The lowest BCUT2D eigenvalue weighted by Crippen LogP contribution is -2.26. The molecule has 144 valence electrons. The van der Waals surface area contributed by atoms with E-state index in [0.29, 0.717) is 11.9 Å². The van der Waals surface area contributed by atoms with Gasteiger partial charge in [-0.25, -0.2) is 4.98 Å². The van der Waals surface area contributed by atoms with E-state index in [1.165, 1.54) is 10.4 Å². The predicted molar refractivity (Wildman–Crippen MR) is 117 cm³/mol. The molecular formula is C21H26ClN3OS. The van der Waals surface area contributed by atoms with Crippen LogP contribution in [0.4, 0.5) is 5.82 Å². The summed E-state index contributed by atoms with van der Waals surface area (Å²) in [5.74, 6) is 1.83. The van der Waals surface area contributed by atoms with Crippen molar-refractivity contribution in [2.75, 3.05) is 24.6 Å². The predicted octanol–water partition coefficient (Wildman–Crippen LogP) is 6.35. The van der Waals surface area contributed by atoms with Crippen molar-refractivity contribution in [2.24, 2.45) is 0 Å². The Balaban J connectivity index is 2.19. The second kappa shape index (κ2) is 8.89. The fourth-order valence-electron chi connectivity index (χ4n) is 3.39. The van der Waals surface area contributed by atoms with Crippen molar-refractivity contribution in [2.45, 2.75) is 40.5 Å². The van der Waals surface area contributed by atoms with Crippen LogP contribution in [0, 0.1) is 6.92 Å². The number of nitrogens with zero attached hydrogens (tertiary/aromatic N) is 3. The van der Waals surface area contributed by atoms with Gasteiger partial charge in [0.15, 0.2) is 0 Å². The van der Waals surface area contributed by atoms with Crippen molar-refractivity contribution in [1.82, 2.24) is 9.97 Å². The molecule has 0 saturated heterocycles. The van der Waals surface area contributed by atoms with Crippen LogP contribution in [0.1, 0.15) is 38.5 Å². The molecule has 0 spiro atoms. The summed E-state index contributed by atoms with van der Waals surface area (Å²) >= 11 is 7.95. The number of halogens is 1. The zero-order valence-electron chi connectivity index (χ0n) is 16.4. The van der Waals surface area contributed by atoms with Crippen molar-refractivity contribution >= 4 is 39.0 Å². The van der Waals surface area contributed by atoms with Crippen LogP contribution in [-0.4, -0.2) is 29.7 Å². The van der Waals surface area contributed by atoms with Crippen LogP contribution in [0.5, 0.6) is 5.75 Å². The van der Waals surface area contributed by atoms with Gasteiger partial charge in [0.25, 0.3) is 0 Å². The average molecular weight is 404 g/mol. The molecule has 3 aromatic rings. The molecule has 2 heterocycles. The summed E-state index contributed by atoms with van der Waals surface area (Å²) in [5.41, 5.74) is 2.35. The van der Waals surface area contributed by atoms with Gasteiger partial charge in [-0.05, 0) is 56.0 Å². The first-order valence-electron chi connectivity index (χ1n) is 9.53. The van der Waals surface area contributed by atoms with Crippen molar-refractivity contribution < 1.29 is 4.74 Å². The van der Waals surface area contributed by atoms with Gasteiger partial charge in [-0.2, -0.15) is 4.98 Å². The Morgan fingerprint density at radius 2 is 1.70 bits per heavy atom. The quantitative estimate of drug-likeness (QED) is 0.411. The van der Waals surface area contributed by atoms with Crippen LogP contribution < -0.4 is 9.64 Å². The van der Waals surface area contributed by atoms with Crippen molar-refractivity contribution in [3.8, 4) is 16.9 Å². The summed E-state index contributed by atoms with van der Waals surface area (Å²) in [6.07, 6.45) is 2.12. The van der Waals surface area contributed by atoms with E-state index in [9.17, 15) is 0 Å². The van der Waals surface area contributed by atoms with Gasteiger partial charge in [0, 0.05) is 23.5 Å². The SMILES string of the molecule is CCCN(CCC)c1nc(Cl)nc2sc(C)c(-c3ccc(OCC)cc3)c12. The van der Waals surface area contributed by atoms with E-state index in [4.69, 9.17) is 16.3 Å². The molecule has 0 bridgehead atoms. The second-order valence-electron chi connectivity index (χ2n) is 6.47. The van der Waals surface area contributed by atoms with Gasteiger partial charge >= 0.3 is 0 Å². The molecule has 0 fully saturated rings. The molecule has 0 amide bonds. The van der Waals surface area contributed by atoms with Crippen LogP contribution in [0.3, 0.4) is 0 Å². The first kappa shape index (κ1) is 19.9. The molecule has 3 rings (SSSR count). The molecule has 0 unspecified atom stereocenters. The Bertz CT molecular complexity index is 902. The Morgan fingerprint density at radius 1 is 1.04 bits per heavy atom. The third kappa shape index (κ3) is 4.19. The number of fused-ring (bicyclic) bond motifs is 1. The minimum atomic E-state index is 0.314. The summed E-state index contributed by atoms with van der Waals surface area (Å²) in [6.45, 7) is 11.1. The maximum Gasteiger partial charge on any atom is 0.225 e. The van der Waals surface area contributed by atoms with E-state index in [1.807, 2.05) is 19.1 Å². The van der Waals surface area contributed by atoms with Gasteiger partial charge in [-0.15, -0.1) is 11.3 Å². The molecule has 4 nitrogen and oxygen atoms in total. The fourth-order valence-corrected chi connectivity index (χ4v) is 4.65. The van der Waals surface area contributed by atoms with Crippen LogP contribution in [0.15, 0.2) is 24.3 Å². The fraction of sp³-hybridized carbons (Fsp3) is 0.429. The molecule has 0 saturated carbocycles. The Morgan fingerprint density at radius 3 is 2.30 bits per heavy atom. The normalized spacial score (nSPS) is 11.1. The molecule has 27 heavy (non-hydrogen) atoms. The smallest absolute Gasteiger partial charge is 0.225 e. The van der Waals surface area contributed by atoms with Crippen molar-refractivity contribution in [3.05, 3.63) is 34.4 Å². The first-order chi connectivity index (χ1) is 13.1. The van der Waals surface area contributed by atoms with Crippen LogP contribution in [0.2, 0.25) is 5.28 Å². The summed E-state index contributed by atoms with van der Waals surface area (Å²) in [7, 11) is 0. The lowest BCUT2D eigenvalue weighted by atomic mass is 10.0. The number of thiophene rings is 1. The zero-order chi connectivity index (χ0) is 19.4. The van der Waals surface area contributed by atoms with Gasteiger partial charge in [0.2, 0.25) is 5.28 Å². The lowest BCUT2D eigenvalue weighted by molar-refractivity contribution is 0.340. The highest BCUT2D eigenvalue weighted by molar-refractivity contribution is 7.19. The number of aryl methyl sites for hydroxylation is 1. The summed E-state index contributed by atoms with van der Waals surface area (Å²) in [5, 5.41) is 1.42. The molecule has 0 aliphatic heterocycles. The van der Waals surface area contributed by atoms with E-state index < -0.39 is 0 Å². The van der Waals surface area contributed by atoms with E-state index in [-0.39, 0.29) is 0 Å². The number of anilines is 1. The average Bonchev–Trinajstić information content (AvgIpc) is 2.97. The molecule has 0 aliphatic rings. The second-order valence-corrected chi connectivity index (χ2v) is 8.02. The molecule has 0 radical (unpaired) electrons. The zero-order valence-corrected chi connectivity index (χ0v) is 18.0. The highest BCUT2D eigenvalue weighted by Gasteiger charge is 2.21. The number of aromatic nitrogens is 2. The van der Waals surface area contributed by atoms with Gasteiger partial charge in [0.05, 0.1) is 12.0 Å². The van der Waals surface area contributed by atoms with Crippen molar-refractivity contribution in [1.29, 1.82) is 0 Å². The number of hydrogen-bond donors (Lipinski definition) is 0. The Hall–Kier alpha value is -1.85. The molecule has 1 aromatic carbocycles. The third-order valence-corrected chi connectivity index (χ3v) is 5.59. The highest BCUT2D eigenvalue weighted by Crippen LogP contribution is 2.42. The van der Waals surface area contributed by atoms with Gasteiger partial charge in [-0.1, -0.05) is 26.0 Å². The monoisotopic (exact) mass is 403 g/mol. The molecule has 0 atom stereocenters. The van der Waals surface area contributed by atoms with E-state index >= 15 is 0 Å². The largest absolute Gasteiger partial charge is 0.494 e. The maximum absolute atomic E-state index is 6.27. The minimum Gasteiger partial charge on any atom is -0.494 e. The first-order valence-corrected chi connectivity index (χ1v) is 10.7.